The largest absolute Gasteiger partial charge is 0.494 e. The smallest absolute Gasteiger partial charge is 0.248 e. The standard InChI is InChI=1S/C20H23N5O2/c1-3-4-13-27-18-11-7-16(8-12-18)20-22-24-25(23-20)14-19(26)21-17-9-5-15(2)6-10-17/h5-12H,3-4,13-14H2,1-2H3,(H,21,26). The molecule has 2 aromatic carbocycles. The van der Waals surface area contributed by atoms with Crippen molar-refractivity contribution in [3.05, 3.63) is 54.1 Å². The predicted octanol–water partition coefficient (Wildman–Crippen LogP) is 3.47. The van der Waals surface area contributed by atoms with E-state index in [0.29, 0.717) is 12.4 Å². The summed E-state index contributed by atoms with van der Waals surface area (Å²) in [5.74, 6) is 1.08. The van der Waals surface area contributed by atoms with Crippen LogP contribution < -0.4 is 10.1 Å². The van der Waals surface area contributed by atoms with E-state index in [0.717, 1.165) is 35.4 Å². The summed E-state index contributed by atoms with van der Waals surface area (Å²) < 4.78 is 5.64. The first-order valence-electron chi connectivity index (χ1n) is 9.01. The van der Waals surface area contributed by atoms with Gasteiger partial charge in [-0.2, -0.15) is 4.80 Å². The zero-order chi connectivity index (χ0) is 19.1. The Kier molecular flexibility index (Phi) is 6.14. The van der Waals surface area contributed by atoms with E-state index in [1.54, 1.807) is 0 Å². The van der Waals surface area contributed by atoms with E-state index < -0.39 is 0 Å². The highest BCUT2D eigenvalue weighted by atomic mass is 16.5. The minimum atomic E-state index is -0.206. The maximum absolute atomic E-state index is 12.1. The third-order valence-corrected chi connectivity index (χ3v) is 3.95. The van der Waals surface area contributed by atoms with Crippen molar-refractivity contribution in [1.82, 2.24) is 20.2 Å². The van der Waals surface area contributed by atoms with Gasteiger partial charge in [-0.3, -0.25) is 4.79 Å². The predicted molar refractivity (Wildman–Crippen MR) is 103 cm³/mol. The Hall–Kier alpha value is -3.22. The molecule has 7 nitrogen and oxygen atoms in total. The highest BCUT2D eigenvalue weighted by molar-refractivity contribution is 5.90. The van der Waals surface area contributed by atoms with Crippen LogP contribution in [0.3, 0.4) is 0 Å². The first-order chi connectivity index (χ1) is 13.1. The number of unbranched alkanes of at least 4 members (excludes halogenated alkanes) is 1. The second-order valence-electron chi connectivity index (χ2n) is 6.28. The quantitative estimate of drug-likeness (QED) is 0.618. The summed E-state index contributed by atoms with van der Waals surface area (Å²) in [5.41, 5.74) is 2.70. The van der Waals surface area contributed by atoms with Crippen LogP contribution in [-0.4, -0.2) is 32.7 Å². The van der Waals surface area contributed by atoms with Crippen molar-refractivity contribution >= 4 is 11.6 Å². The lowest BCUT2D eigenvalue weighted by Gasteiger charge is -2.05. The number of tetrazole rings is 1. The fraction of sp³-hybridized carbons (Fsp3) is 0.300. The molecular weight excluding hydrogens is 342 g/mol. The summed E-state index contributed by atoms with van der Waals surface area (Å²) in [7, 11) is 0. The molecule has 0 spiro atoms. The molecule has 0 unspecified atom stereocenters. The number of aromatic nitrogens is 4. The van der Waals surface area contributed by atoms with Crippen LogP contribution in [0.1, 0.15) is 25.3 Å². The Morgan fingerprint density at radius 3 is 2.56 bits per heavy atom. The number of carbonyl (C=O) groups is 1. The highest BCUT2D eigenvalue weighted by Crippen LogP contribution is 2.19. The SMILES string of the molecule is CCCCOc1ccc(-c2nnn(CC(=O)Nc3ccc(C)cc3)n2)cc1. The molecule has 0 saturated heterocycles. The van der Waals surface area contributed by atoms with Crippen LogP contribution in [0.2, 0.25) is 0 Å². The van der Waals surface area contributed by atoms with Crippen molar-refractivity contribution in [3.8, 4) is 17.1 Å². The highest BCUT2D eigenvalue weighted by Gasteiger charge is 2.10. The van der Waals surface area contributed by atoms with Crippen molar-refractivity contribution in [2.24, 2.45) is 0 Å². The molecule has 0 fully saturated rings. The van der Waals surface area contributed by atoms with Crippen molar-refractivity contribution in [3.63, 3.8) is 0 Å². The van der Waals surface area contributed by atoms with E-state index >= 15 is 0 Å². The molecule has 1 amide bonds. The van der Waals surface area contributed by atoms with E-state index in [9.17, 15) is 4.79 Å². The molecule has 0 bridgehead atoms. The van der Waals surface area contributed by atoms with Gasteiger partial charge in [0.05, 0.1) is 6.61 Å². The maximum atomic E-state index is 12.1. The molecule has 0 aliphatic rings. The van der Waals surface area contributed by atoms with E-state index in [2.05, 4.69) is 27.7 Å². The Morgan fingerprint density at radius 2 is 1.85 bits per heavy atom. The second-order valence-corrected chi connectivity index (χ2v) is 6.28. The number of amides is 1. The van der Waals surface area contributed by atoms with Crippen LogP contribution in [0.4, 0.5) is 5.69 Å². The Morgan fingerprint density at radius 1 is 1.11 bits per heavy atom. The van der Waals surface area contributed by atoms with Gasteiger partial charge >= 0.3 is 0 Å². The summed E-state index contributed by atoms with van der Waals surface area (Å²) in [4.78, 5) is 13.4. The zero-order valence-electron chi connectivity index (χ0n) is 15.6. The number of hydrogen-bond donors (Lipinski definition) is 1. The van der Waals surface area contributed by atoms with Gasteiger partial charge in [-0.15, -0.1) is 10.2 Å². The van der Waals surface area contributed by atoms with E-state index in [1.807, 2.05) is 55.5 Å². The molecule has 1 N–H and O–H groups in total. The molecule has 7 heteroatoms. The number of benzene rings is 2. The Labute approximate surface area is 158 Å². The van der Waals surface area contributed by atoms with Gasteiger partial charge < -0.3 is 10.1 Å². The fourth-order valence-corrected chi connectivity index (χ4v) is 2.43. The number of carbonyl (C=O) groups excluding carboxylic acids is 1. The summed E-state index contributed by atoms with van der Waals surface area (Å²) >= 11 is 0. The van der Waals surface area contributed by atoms with Crippen LogP contribution in [0.5, 0.6) is 5.75 Å². The van der Waals surface area contributed by atoms with Gasteiger partial charge in [0.2, 0.25) is 11.7 Å². The molecule has 0 saturated carbocycles. The normalized spacial score (nSPS) is 10.6. The number of ether oxygens (including phenoxy) is 1. The lowest BCUT2D eigenvalue weighted by Crippen LogP contribution is -2.20. The van der Waals surface area contributed by atoms with Crippen molar-refractivity contribution in [2.45, 2.75) is 33.2 Å². The minimum Gasteiger partial charge on any atom is -0.494 e. The summed E-state index contributed by atoms with van der Waals surface area (Å²) in [6.07, 6.45) is 2.13. The summed E-state index contributed by atoms with van der Waals surface area (Å²) in [5, 5.41) is 15.1. The van der Waals surface area contributed by atoms with Gasteiger partial charge in [-0.25, -0.2) is 0 Å². The molecule has 140 valence electrons. The summed E-state index contributed by atoms with van der Waals surface area (Å²) in [6.45, 7) is 4.83. The van der Waals surface area contributed by atoms with Crippen molar-refractivity contribution < 1.29 is 9.53 Å². The number of rotatable bonds is 8. The lowest BCUT2D eigenvalue weighted by atomic mass is 10.2. The van der Waals surface area contributed by atoms with Crippen molar-refractivity contribution in [1.29, 1.82) is 0 Å². The average molecular weight is 365 g/mol. The molecular formula is C20H23N5O2. The third-order valence-electron chi connectivity index (χ3n) is 3.95. The Balaban J connectivity index is 1.57. The van der Waals surface area contributed by atoms with Crippen LogP contribution in [-0.2, 0) is 11.3 Å². The molecule has 0 aliphatic heterocycles. The van der Waals surface area contributed by atoms with Gasteiger partial charge in [0, 0.05) is 11.3 Å². The summed E-state index contributed by atoms with van der Waals surface area (Å²) in [6, 6.07) is 15.1. The molecule has 3 rings (SSSR count). The molecule has 0 aliphatic carbocycles. The monoisotopic (exact) mass is 365 g/mol. The topological polar surface area (TPSA) is 81.9 Å². The molecule has 0 atom stereocenters. The van der Waals surface area contributed by atoms with Gasteiger partial charge in [0.25, 0.3) is 0 Å². The number of aryl methyl sites for hydroxylation is 1. The lowest BCUT2D eigenvalue weighted by molar-refractivity contribution is -0.117. The molecule has 3 aromatic rings. The average Bonchev–Trinajstić information content (AvgIpc) is 3.13. The van der Waals surface area contributed by atoms with Crippen LogP contribution >= 0.6 is 0 Å². The fourth-order valence-electron chi connectivity index (χ4n) is 2.43. The van der Waals surface area contributed by atoms with Gasteiger partial charge in [0.15, 0.2) is 0 Å². The maximum Gasteiger partial charge on any atom is 0.248 e. The second kappa shape index (κ2) is 8.93. The molecule has 1 aromatic heterocycles. The molecule has 0 radical (unpaired) electrons. The van der Waals surface area contributed by atoms with Crippen LogP contribution in [0, 0.1) is 6.92 Å². The molecule has 27 heavy (non-hydrogen) atoms. The van der Waals surface area contributed by atoms with Gasteiger partial charge in [-0.1, -0.05) is 31.0 Å². The number of nitrogens with one attached hydrogen (secondary N) is 1. The van der Waals surface area contributed by atoms with E-state index in [1.165, 1.54) is 4.80 Å². The number of anilines is 1. The van der Waals surface area contributed by atoms with E-state index in [4.69, 9.17) is 4.74 Å². The molecule has 1 heterocycles. The number of nitrogens with zero attached hydrogens (tertiary/aromatic N) is 4. The van der Waals surface area contributed by atoms with Gasteiger partial charge in [0.1, 0.15) is 12.3 Å². The Bertz CT molecular complexity index is 872. The van der Waals surface area contributed by atoms with Gasteiger partial charge in [-0.05, 0) is 55.0 Å². The van der Waals surface area contributed by atoms with Crippen LogP contribution in [0.15, 0.2) is 48.5 Å². The third kappa shape index (κ3) is 5.37. The van der Waals surface area contributed by atoms with Crippen LogP contribution in [0.25, 0.3) is 11.4 Å². The zero-order valence-corrected chi connectivity index (χ0v) is 15.6. The minimum absolute atomic E-state index is 0.000904. The van der Waals surface area contributed by atoms with E-state index in [-0.39, 0.29) is 12.5 Å². The number of hydrogen-bond acceptors (Lipinski definition) is 5. The first kappa shape index (κ1) is 18.6. The first-order valence-corrected chi connectivity index (χ1v) is 9.01. The van der Waals surface area contributed by atoms with Crippen molar-refractivity contribution in [2.75, 3.05) is 11.9 Å².